The fourth-order valence-electron chi connectivity index (χ4n) is 2.16. The second kappa shape index (κ2) is 6.41. The average molecular weight is 276 g/mol. The molecule has 2 amide bonds. The highest BCUT2D eigenvalue weighted by molar-refractivity contribution is 6.00. The number of carbonyl (C=O) groups excluding carboxylic acids is 2. The highest BCUT2D eigenvalue weighted by Crippen LogP contribution is 2.33. The van der Waals surface area contributed by atoms with E-state index in [2.05, 4.69) is 5.32 Å². The SMILES string of the molecule is CCCNC(=O)CCN1C(=O)C(C)Oc2ccccc21. The first-order valence-corrected chi connectivity index (χ1v) is 6.97. The van der Waals surface area contributed by atoms with E-state index in [1.54, 1.807) is 11.8 Å². The number of hydrogen-bond donors (Lipinski definition) is 1. The lowest BCUT2D eigenvalue weighted by atomic mass is 10.1. The zero-order valence-corrected chi connectivity index (χ0v) is 11.9. The van der Waals surface area contributed by atoms with E-state index in [9.17, 15) is 9.59 Å². The van der Waals surface area contributed by atoms with E-state index < -0.39 is 6.10 Å². The van der Waals surface area contributed by atoms with Crippen molar-refractivity contribution in [3.8, 4) is 5.75 Å². The van der Waals surface area contributed by atoms with Gasteiger partial charge in [0.1, 0.15) is 5.75 Å². The molecule has 20 heavy (non-hydrogen) atoms. The lowest BCUT2D eigenvalue weighted by molar-refractivity contribution is -0.125. The number of hydrogen-bond acceptors (Lipinski definition) is 3. The van der Waals surface area contributed by atoms with Gasteiger partial charge in [0.05, 0.1) is 5.69 Å². The summed E-state index contributed by atoms with van der Waals surface area (Å²) < 4.78 is 5.55. The van der Waals surface area contributed by atoms with Crippen LogP contribution in [0.15, 0.2) is 24.3 Å². The van der Waals surface area contributed by atoms with Gasteiger partial charge in [0.15, 0.2) is 6.10 Å². The predicted molar refractivity (Wildman–Crippen MR) is 76.8 cm³/mol. The van der Waals surface area contributed by atoms with Crippen molar-refractivity contribution in [2.24, 2.45) is 0 Å². The third kappa shape index (κ3) is 3.10. The Labute approximate surface area is 118 Å². The van der Waals surface area contributed by atoms with Crippen LogP contribution in [0.3, 0.4) is 0 Å². The molecule has 1 N–H and O–H groups in total. The number of amides is 2. The molecule has 1 aromatic carbocycles. The van der Waals surface area contributed by atoms with E-state index in [0.29, 0.717) is 25.3 Å². The zero-order chi connectivity index (χ0) is 14.5. The van der Waals surface area contributed by atoms with Crippen LogP contribution in [-0.2, 0) is 9.59 Å². The number of carbonyl (C=O) groups is 2. The maximum atomic E-state index is 12.2. The van der Waals surface area contributed by atoms with E-state index in [1.165, 1.54) is 0 Å². The summed E-state index contributed by atoms with van der Waals surface area (Å²) in [6.45, 7) is 4.77. The Morgan fingerprint density at radius 2 is 2.15 bits per heavy atom. The van der Waals surface area contributed by atoms with Crippen LogP contribution >= 0.6 is 0 Å². The Balaban J connectivity index is 2.06. The van der Waals surface area contributed by atoms with Gasteiger partial charge in [-0.05, 0) is 25.5 Å². The van der Waals surface area contributed by atoms with Crippen LogP contribution in [0.5, 0.6) is 5.75 Å². The standard InChI is InChI=1S/C15H20N2O3/c1-3-9-16-14(18)8-10-17-12-6-4-5-7-13(12)20-11(2)15(17)19/h4-7,11H,3,8-10H2,1-2H3,(H,16,18). The van der Waals surface area contributed by atoms with Crippen LogP contribution < -0.4 is 15.0 Å². The summed E-state index contributed by atoms with van der Waals surface area (Å²) in [5, 5.41) is 2.81. The van der Waals surface area contributed by atoms with E-state index in [-0.39, 0.29) is 11.8 Å². The number of anilines is 1. The van der Waals surface area contributed by atoms with Crippen molar-refractivity contribution >= 4 is 17.5 Å². The molecule has 0 saturated heterocycles. The molecular formula is C15H20N2O3. The zero-order valence-electron chi connectivity index (χ0n) is 11.9. The van der Waals surface area contributed by atoms with Gasteiger partial charge >= 0.3 is 0 Å². The summed E-state index contributed by atoms with van der Waals surface area (Å²) in [5.74, 6) is 0.553. The lowest BCUT2D eigenvalue weighted by Gasteiger charge is -2.32. The van der Waals surface area contributed by atoms with Crippen LogP contribution in [0.2, 0.25) is 0 Å². The van der Waals surface area contributed by atoms with E-state index >= 15 is 0 Å². The number of benzene rings is 1. The first kappa shape index (κ1) is 14.4. The second-order valence-electron chi connectivity index (χ2n) is 4.82. The molecule has 0 bridgehead atoms. The first-order valence-electron chi connectivity index (χ1n) is 6.97. The average Bonchev–Trinajstić information content (AvgIpc) is 2.45. The van der Waals surface area contributed by atoms with Crippen LogP contribution in [0, 0.1) is 0 Å². The molecular weight excluding hydrogens is 256 g/mol. The minimum atomic E-state index is -0.511. The highest BCUT2D eigenvalue weighted by atomic mass is 16.5. The molecule has 1 aliphatic rings. The fraction of sp³-hybridized carbons (Fsp3) is 0.467. The van der Waals surface area contributed by atoms with E-state index in [1.807, 2.05) is 31.2 Å². The molecule has 1 unspecified atom stereocenters. The monoisotopic (exact) mass is 276 g/mol. The van der Waals surface area contributed by atoms with Crippen LogP contribution in [0.4, 0.5) is 5.69 Å². The summed E-state index contributed by atoms with van der Waals surface area (Å²) in [7, 11) is 0. The lowest BCUT2D eigenvalue weighted by Crippen LogP contribution is -2.45. The van der Waals surface area contributed by atoms with Crippen LogP contribution in [-0.4, -0.2) is 31.0 Å². The summed E-state index contributed by atoms with van der Waals surface area (Å²) in [5.41, 5.74) is 0.735. The van der Waals surface area contributed by atoms with Gasteiger partial charge in [-0.2, -0.15) is 0 Å². The van der Waals surface area contributed by atoms with Crippen molar-refractivity contribution < 1.29 is 14.3 Å². The summed E-state index contributed by atoms with van der Waals surface area (Å²) in [6, 6.07) is 7.40. The number of nitrogens with zero attached hydrogens (tertiary/aromatic N) is 1. The molecule has 0 aliphatic carbocycles. The quantitative estimate of drug-likeness (QED) is 0.890. The third-order valence-electron chi connectivity index (χ3n) is 3.21. The Hall–Kier alpha value is -2.04. The van der Waals surface area contributed by atoms with E-state index in [0.717, 1.165) is 12.1 Å². The Kier molecular flexibility index (Phi) is 4.61. The van der Waals surface area contributed by atoms with Crippen molar-refractivity contribution in [2.75, 3.05) is 18.0 Å². The largest absolute Gasteiger partial charge is 0.479 e. The van der Waals surface area contributed by atoms with Gasteiger partial charge in [-0.1, -0.05) is 19.1 Å². The topological polar surface area (TPSA) is 58.6 Å². The van der Waals surface area contributed by atoms with Crippen molar-refractivity contribution in [3.63, 3.8) is 0 Å². The second-order valence-corrected chi connectivity index (χ2v) is 4.82. The van der Waals surface area contributed by atoms with Crippen molar-refractivity contribution in [1.29, 1.82) is 0 Å². The van der Waals surface area contributed by atoms with Gasteiger partial charge in [-0.25, -0.2) is 0 Å². The van der Waals surface area contributed by atoms with Gasteiger partial charge in [0.2, 0.25) is 5.91 Å². The van der Waals surface area contributed by atoms with Crippen LogP contribution in [0.25, 0.3) is 0 Å². The number of ether oxygens (including phenoxy) is 1. The molecule has 0 aromatic heterocycles. The Morgan fingerprint density at radius 1 is 1.40 bits per heavy atom. The number of fused-ring (bicyclic) bond motifs is 1. The molecule has 5 nitrogen and oxygen atoms in total. The fourth-order valence-corrected chi connectivity index (χ4v) is 2.16. The van der Waals surface area contributed by atoms with Crippen molar-refractivity contribution in [3.05, 3.63) is 24.3 Å². The molecule has 2 rings (SSSR count). The summed E-state index contributed by atoms with van der Waals surface area (Å²) in [4.78, 5) is 25.5. The number of nitrogens with one attached hydrogen (secondary N) is 1. The molecule has 108 valence electrons. The van der Waals surface area contributed by atoms with Crippen molar-refractivity contribution in [1.82, 2.24) is 5.32 Å². The number of para-hydroxylation sites is 2. The molecule has 1 aromatic rings. The molecule has 5 heteroatoms. The van der Waals surface area contributed by atoms with Gasteiger partial charge in [-0.15, -0.1) is 0 Å². The van der Waals surface area contributed by atoms with Crippen LogP contribution in [0.1, 0.15) is 26.7 Å². The molecule has 1 atom stereocenters. The Morgan fingerprint density at radius 3 is 2.90 bits per heavy atom. The Bertz CT molecular complexity index is 502. The molecule has 0 spiro atoms. The normalized spacial score (nSPS) is 17.4. The van der Waals surface area contributed by atoms with Gasteiger partial charge in [-0.3, -0.25) is 9.59 Å². The molecule has 0 saturated carbocycles. The van der Waals surface area contributed by atoms with Gasteiger partial charge in [0.25, 0.3) is 5.91 Å². The smallest absolute Gasteiger partial charge is 0.267 e. The molecule has 1 heterocycles. The highest BCUT2D eigenvalue weighted by Gasteiger charge is 2.31. The summed E-state index contributed by atoms with van der Waals surface area (Å²) >= 11 is 0. The summed E-state index contributed by atoms with van der Waals surface area (Å²) in [6.07, 6.45) is 0.693. The van der Waals surface area contributed by atoms with Gasteiger partial charge < -0.3 is 15.0 Å². The maximum absolute atomic E-state index is 12.2. The number of rotatable bonds is 5. The molecule has 0 radical (unpaired) electrons. The predicted octanol–water partition coefficient (Wildman–Crippen LogP) is 1.72. The van der Waals surface area contributed by atoms with Gasteiger partial charge in [0, 0.05) is 19.5 Å². The minimum absolute atomic E-state index is 0.0312. The maximum Gasteiger partial charge on any atom is 0.267 e. The third-order valence-corrected chi connectivity index (χ3v) is 3.21. The minimum Gasteiger partial charge on any atom is -0.479 e. The first-order chi connectivity index (χ1) is 9.63. The molecule has 1 aliphatic heterocycles. The van der Waals surface area contributed by atoms with E-state index in [4.69, 9.17) is 4.74 Å². The van der Waals surface area contributed by atoms with Crippen molar-refractivity contribution in [2.45, 2.75) is 32.8 Å². The molecule has 0 fully saturated rings.